The molecule has 2 aliphatic heterocycles. The van der Waals surface area contributed by atoms with Crippen molar-refractivity contribution in [2.45, 2.75) is 145 Å². The van der Waals surface area contributed by atoms with Crippen LogP contribution in [0.15, 0.2) is 164 Å². The lowest BCUT2D eigenvalue weighted by molar-refractivity contribution is 0.590. The maximum Gasteiger partial charge on any atom is 0.252 e. The van der Waals surface area contributed by atoms with Crippen molar-refractivity contribution >= 4 is 74.3 Å². The van der Waals surface area contributed by atoms with Gasteiger partial charge in [-0.25, -0.2) is 0 Å². The molecule has 0 saturated carbocycles. The zero-order valence-corrected chi connectivity index (χ0v) is 47.5. The number of rotatable bonds is 6. The van der Waals surface area contributed by atoms with Crippen molar-refractivity contribution in [3.8, 4) is 11.1 Å². The average Bonchev–Trinajstić information content (AvgIpc) is 3.33. The molecule has 0 bridgehead atoms. The van der Waals surface area contributed by atoms with Crippen molar-refractivity contribution in [1.29, 1.82) is 0 Å². The van der Waals surface area contributed by atoms with Crippen LogP contribution in [0.4, 0.5) is 51.2 Å². The molecule has 0 amide bonds. The second kappa shape index (κ2) is 18.0. The van der Waals surface area contributed by atoms with E-state index in [1.807, 2.05) is 0 Å². The number of fused-ring (bicyclic) bond motifs is 4. The summed E-state index contributed by atoms with van der Waals surface area (Å²) in [5.74, 6) is 0. The summed E-state index contributed by atoms with van der Waals surface area (Å²) < 4.78 is 0. The first-order chi connectivity index (χ1) is 34.7. The standard InChI is InChI=1S/C70H78BN3/c1-45-22-18-20-24-58(45)73(59-25-21-19-23-46(59)2)54-43-63-65-64(44-54)74(60-37-32-50(68(9,10)11)40-55(60)47-26-28-48(29-27-47)66(3,4)5)62-39-34-52(70(15,16)17)42-57(62)71(65)56-41-51(69(12,13)14)33-38-61(56)72(63)53-35-30-49(31-36-53)67(6,7)8/h18-44H,1-17H3. The van der Waals surface area contributed by atoms with Crippen LogP contribution in [0.2, 0.25) is 0 Å². The van der Waals surface area contributed by atoms with Gasteiger partial charge in [0, 0.05) is 45.4 Å². The summed E-state index contributed by atoms with van der Waals surface area (Å²) in [6.45, 7) is 39.4. The van der Waals surface area contributed by atoms with E-state index in [-0.39, 0.29) is 33.8 Å². The molecule has 10 rings (SSSR count). The molecule has 0 atom stereocenters. The first-order valence-electron chi connectivity index (χ1n) is 27.0. The second-order valence-corrected chi connectivity index (χ2v) is 26.6. The lowest BCUT2D eigenvalue weighted by atomic mass is 9.33. The number of hydrogen-bond donors (Lipinski definition) is 0. The molecule has 0 aliphatic carbocycles. The molecule has 8 aromatic carbocycles. The van der Waals surface area contributed by atoms with Crippen LogP contribution < -0.4 is 31.1 Å². The van der Waals surface area contributed by atoms with Crippen LogP contribution in [0.25, 0.3) is 11.1 Å². The van der Waals surface area contributed by atoms with Crippen LogP contribution >= 0.6 is 0 Å². The summed E-state index contributed by atoms with van der Waals surface area (Å²) in [4.78, 5) is 7.75. The predicted octanol–water partition coefficient (Wildman–Crippen LogP) is 18.0. The van der Waals surface area contributed by atoms with Gasteiger partial charge in [-0.3, -0.25) is 0 Å². The first-order valence-corrected chi connectivity index (χ1v) is 27.0. The van der Waals surface area contributed by atoms with Crippen LogP contribution in [-0.2, 0) is 27.1 Å². The van der Waals surface area contributed by atoms with E-state index in [1.165, 1.54) is 89.2 Å². The fraction of sp³-hybridized carbons (Fsp3) is 0.314. The van der Waals surface area contributed by atoms with Crippen LogP contribution in [0, 0.1) is 13.8 Å². The van der Waals surface area contributed by atoms with Crippen LogP contribution in [0.5, 0.6) is 0 Å². The number of para-hydroxylation sites is 2. The Labute approximate surface area is 445 Å². The van der Waals surface area contributed by atoms with Gasteiger partial charge < -0.3 is 14.7 Å². The van der Waals surface area contributed by atoms with Crippen molar-refractivity contribution in [3.05, 3.63) is 203 Å². The summed E-state index contributed by atoms with van der Waals surface area (Å²) in [6, 6.07) is 63.6. The highest BCUT2D eigenvalue weighted by atomic mass is 15.2. The fourth-order valence-corrected chi connectivity index (χ4v) is 11.3. The topological polar surface area (TPSA) is 9.72 Å². The van der Waals surface area contributed by atoms with E-state index >= 15 is 0 Å². The van der Waals surface area contributed by atoms with Gasteiger partial charge >= 0.3 is 0 Å². The molecule has 0 radical (unpaired) electrons. The van der Waals surface area contributed by atoms with Crippen molar-refractivity contribution in [1.82, 2.24) is 0 Å². The fourth-order valence-electron chi connectivity index (χ4n) is 11.3. The number of nitrogens with zero attached hydrogens (tertiary/aromatic N) is 3. The van der Waals surface area contributed by atoms with Gasteiger partial charge in [0.1, 0.15) is 0 Å². The predicted molar refractivity (Wildman–Crippen MR) is 324 cm³/mol. The normalized spacial score (nSPS) is 13.7. The van der Waals surface area contributed by atoms with Gasteiger partial charge in [-0.2, -0.15) is 0 Å². The maximum absolute atomic E-state index is 2.65. The second-order valence-electron chi connectivity index (χ2n) is 26.6. The van der Waals surface area contributed by atoms with E-state index in [1.54, 1.807) is 0 Å². The molecule has 376 valence electrons. The van der Waals surface area contributed by atoms with E-state index in [9.17, 15) is 0 Å². The molecular weight excluding hydrogens is 894 g/mol. The number of hydrogen-bond acceptors (Lipinski definition) is 3. The molecule has 0 saturated heterocycles. The molecule has 0 aromatic heterocycles. The van der Waals surface area contributed by atoms with Gasteiger partial charge in [0.15, 0.2) is 0 Å². The molecule has 8 aromatic rings. The Morgan fingerprint density at radius 1 is 0.351 bits per heavy atom. The summed E-state index contributed by atoms with van der Waals surface area (Å²) in [6.07, 6.45) is 0. The van der Waals surface area contributed by atoms with Gasteiger partial charge in [0.2, 0.25) is 0 Å². The minimum Gasteiger partial charge on any atom is -0.311 e. The first kappa shape index (κ1) is 50.7. The van der Waals surface area contributed by atoms with Crippen molar-refractivity contribution in [2.75, 3.05) is 14.7 Å². The van der Waals surface area contributed by atoms with Gasteiger partial charge in [-0.05, 0) is 162 Å². The molecule has 74 heavy (non-hydrogen) atoms. The third kappa shape index (κ3) is 9.07. The molecular formula is C70H78BN3. The Bertz CT molecular complexity index is 3390. The van der Waals surface area contributed by atoms with Crippen molar-refractivity contribution in [3.63, 3.8) is 0 Å². The summed E-state index contributed by atoms with van der Waals surface area (Å²) in [5, 5.41) is 0. The average molecular weight is 972 g/mol. The lowest BCUT2D eigenvalue weighted by Crippen LogP contribution is -2.61. The number of anilines is 9. The minimum absolute atomic E-state index is 0.00793. The van der Waals surface area contributed by atoms with E-state index in [0.717, 1.165) is 28.4 Å². The number of aryl methyl sites for hydroxylation is 2. The monoisotopic (exact) mass is 972 g/mol. The highest BCUT2D eigenvalue weighted by Crippen LogP contribution is 2.51. The summed E-state index contributed by atoms with van der Waals surface area (Å²) in [5.41, 5.74) is 25.8. The molecule has 2 aliphatic rings. The largest absolute Gasteiger partial charge is 0.311 e. The molecule has 0 unspecified atom stereocenters. The SMILES string of the molecule is Cc1ccccc1N(c1cc2c3c(c1)N(c1ccc(C(C)(C)C)cc1-c1ccc(C(C)(C)C)cc1)c1ccc(C(C)(C)C)cc1B3c1cc(C(C)(C)C)ccc1N2c1ccc(C(C)(C)C)cc1)c1ccccc1C. The Balaban J connectivity index is 1.39. The maximum atomic E-state index is 2.65. The third-order valence-corrected chi connectivity index (χ3v) is 15.9. The molecule has 0 fully saturated rings. The Morgan fingerprint density at radius 2 is 0.730 bits per heavy atom. The third-order valence-electron chi connectivity index (χ3n) is 15.9. The summed E-state index contributed by atoms with van der Waals surface area (Å²) >= 11 is 0. The van der Waals surface area contributed by atoms with Crippen LogP contribution in [-0.4, -0.2) is 6.71 Å². The Morgan fingerprint density at radius 3 is 1.18 bits per heavy atom. The highest BCUT2D eigenvalue weighted by molar-refractivity contribution is 7.00. The Kier molecular flexibility index (Phi) is 12.3. The van der Waals surface area contributed by atoms with Gasteiger partial charge in [-0.15, -0.1) is 0 Å². The summed E-state index contributed by atoms with van der Waals surface area (Å²) in [7, 11) is 0. The number of benzene rings is 8. The van der Waals surface area contributed by atoms with E-state index in [4.69, 9.17) is 0 Å². The van der Waals surface area contributed by atoms with Gasteiger partial charge in [-0.1, -0.05) is 207 Å². The van der Waals surface area contributed by atoms with E-state index < -0.39 is 0 Å². The van der Waals surface area contributed by atoms with Crippen molar-refractivity contribution < 1.29 is 0 Å². The smallest absolute Gasteiger partial charge is 0.252 e. The molecule has 3 nitrogen and oxygen atoms in total. The lowest BCUT2D eigenvalue weighted by Gasteiger charge is -2.46. The molecule has 0 spiro atoms. The highest BCUT2D eigenvalue weighted by Gasteiger charge is 2.45. The molecule has 4 heteroatoms. The van der Waals surface area contributed by atoms with Crippen LogP contribution in [0.1, 0.15) is 143 Å². The quantitative estimate of drug-likeness (QED) is 0.154. The van der Waals surface area contributed by atoms with Crippen molar-refractivity contribution in [2.24, 2.45) is 0 Å². The van der Waals surface area contributed by atoms with E-state index in [2.05, 4.69) is 296 Å². The zero-order chi connectivity index (χ0) is 53.0. The minimum atomic E-state index is -0.0751. The van der Waals surface area contributed by atoms with Crippen LogP contribution in [0.3, 0.4) is 0 Å². The van der Waals surface area contributed by atoms with Gasteiger partial charge in [0.25, 0.3) is 6.71 Å². The molecule has 2 heterocycles. The van der Waals surface area contributed by atoms with Gasteiger partial charge in [0.05, 0.1) is 11.4 Å². The zero-order valence-electron chi connectivity index (χ0n) is 47.5. The Hall–Kier alpha value is -6.78. The van der Waals surface area contributed by atoms with E-state index in [0.29, 0.717) is 0 Å². The molecule has 0 N–H and O–H groups in total.